The number of unbranched alkanes of at least 4 members (excludes halogenated alkanes) is 1. The van der Waals surface area contributed by atoms with Crippen LogP contribution >= 0.6 is 22.7 Å². The Morgan fingerprint density at radius 1 is 0.698 bits per heavy atom. The lowest BCUT2D eigenvalue weighted by Gasteiger charge is -2.47. The Morgan fingerprint density at radius 2 is 1.36 bits per heavy atom. The van der Waals surface area contributed by atoms with Gasteiger partial charge in [-0.05, 0) is 59.0 Å². The number of amides is 9. The van der Waals surface area contributed by atoms with Crippen LogP contribution in [0.3, 0.4) is 0 Å². The summed E-state index contributed by atoms with van der Waals surface area (Å²) in [7, 11) is 0. The van der Waals surface area contributed by atoms with Gasteiger partial charge in [0.05, 0.1) is 78.7 Å². The third-order valence-corrected chi connectivity index (χ3v) is 19.0. The van der Waals surface area contributed by atoms with Gasteiger partial charge in [-0.15, -0.1) is 22.7 Å². The van der Waals surface area contributed by atoms with E-state index in [1.54, 1.807) is 10.8 Å². The number of nitrogens with two attached hydrogens (primary N) is 6. The fourth-order valence-corrected chi connectivity index (χ4v) is 12.4. The average Bonchev–Trinajstić information content (AvgIpc) is 0.807. The second kappa shape index (κ2) is 41.2. The van der Waals surface area contributed by atoms with E-state index in [1.165, 1.54) is 50.4 Å². The van der Waals surface area contributed by atoms with Crippen molar-refractivity contribution in [2.45, 2.75) is 190 Å². The SMILES string of the molecule is Cc1c(N)nc([C@H](CC(N)=O)NC[C@H](N)C(N)=O)nc1C(=O)N[C@H](C(=O)N[C@H](C)[C@@H](O)[C@H](C)C(=O)N[C@H](C(=O)NCCc1nc(-c2nc(C(=O)NCCCNCCCCNC(=O)[C@H](N)C(C)C)cs2)cs1)[C@@H](C)O)[C@@H](O[C@@H]1O[C@@H](CO)[C@@H](O)[C@H](O)[C@@H]1O[C@H]1O[C@H](CO)[C@@H](O)[C@H](OC(N)=O)[C@@H]1O)c1cnc[nH]1. The number of carbonyl (C=O) groups is 9. The number of primary amides is 3. The minimum Gasteiger partial charge on any atom is -0.441 e. The summed E-state index contributed by atoms with van der Waals surface area (Å²) in [6.07, 6.45) is -23.0. The van der Waals surface area contributed by atoms with E-state index in [9.17, 15) is 79.2 Å². The number of thiazole rings is 2. The highest BCUT2D eigenvalue weighted by molar-refractivity contribution is 7.14. The molecule has 2 aliphatic heterocycles. The van der Waals surface area contributed by atoms with E-state index in [1.807, 2.05) is 13.8 Å². The van der Waals surface area contributed by atoms with Crippen molar-refractivity contribution in [2.24, 2.45) is 40.5 Å². The van der Waals surface area contributed by atoms with Crippen LogP contribution in [0.15, 0.2) is 23.3 Å². The summed E-state index contributed by atoms with van der Waals surface area (Å²) in [5.41, 5.74) is 33.9. The van der Waals surface area contributed by atoms with E-state index < -0.39 is 189 Å². The molecule has 4 aromatic rings. The van der Waals surface area contributed by atoms with Crippen molar-refractivity contribution in [3.8, 4) is 10.7 Å². The molecule has 106 heavy (non-hydrogen) atoms. The van der Waals surface area contributed by atoms with E-state index in [0.717, 1.165) is 31.9 Å². The number of rotatable bonds is 42. The third kappa shape index (κ3) is 24.1. The molecular weight excluding hydrogens is 1440 g/mol. The number of carbonyl (C=O) groups excluding carboxylic acids is 9. The zero-order valence-corrected chi connectivity index (χ0v) is 60.6. The summed E-state index contributed by atoms with van der Waals surface area (Å²) in [4.78, 5) is 143. The van der Waals surface area contributed by atoms with Crippen molar-refractivity contribution in [1.82, 2.24) is 72.4 Å². The van der Waals surface area contributed by atoms with Gasteiger partial charge in [-0.25, -0.2) is 29.7 Å². The van der Waals surface area contributed by atoms with Crippen LogP contribution < -0.4 is 76.9 Å². The summed E-state index contributed by atoms with van der Waals surface area (Å²) in [5, 5.41) is 114. The van der Waals surface area contributed by atoms with Gasteiger partial charge in [0.1, 0.15) is 94.6 Å². The van der Waals surface area contributed by atoms with Gasteiger partial charge < -0.3 is 146 Å². The minimum atomic E-state index is -2.21. The van der Waals surface area contributed by atoms with Crippen molar-refractivity contribution >= 4 is 81.8 Å². The number of hydrogen-bond acceptors (Lipinski definition) is 34. The molecule has 44 heteroatoms. The van der Waals surface area contributed by atoms with Gasteiger partial charge in [-0.1, -0.05) is 20.8 Å². The van der Waals surface area contributed by atoms with Gasteiger partial charge >= 0.3 is 6.09 Å². The summed E-state index contributed by atoms with van der Waals surface area (Å²) < 4.78 is 28.8. The van der Waals surface area contributed by atoms with Crippen LogP contribution in [0.25, 0.3) is 10.7 Å². The van der Waals surface area contributed by atoms with Gasteiger partial charge in [0, 0.05) is 55.3 Å². The van der Waals surface area contributed by atoms with E-state index >= 15 is 4.79 Å². The summed E-state index contributed by atoms with van der Waals surface area (Å²) in [6.45, 7) is 8.70. The maximum absolute atomic E-state index is 15.2. The number of nitrogens with zero attached hydrogens (tertiary/aromatic N) is 5. The number of nitrogen functional groups attached to an aromatic ring is 1. The smallest absolute Gasteiger partial charge is 0.404 e. The van der Waals surface area contributed by atoms with Crippen LogP contribution in [0.2, 0.25) is 0 Å². The molecule has 9 amide bonds. The minimum absolute atomic E-state index is 0.0290. The molecule has 0 aromatic carbocycles. The molecular formula is C62H98N20O22S2. The van der Waals surface area contributed by atoms with Crippen molar-refractivity contribution in [3.63, 3.8) is 0 Å². The lowest BCUT2D eigenvalue weighted by molar-refractivity contribution is -0.372. The van der Waals surface area contributed by atoms with Gasteiger partial charge in [-0.2, -0.15) is 0 Å². The second-order valence-electron chi connectivity index (χ2n) is 25.6. The summed E-state index contributed by atoms with van der Waals surface area (Å²) in [5.74, 6) is -8.94. The number of H-pyrrole nitrogens is 1. The maximum atomic E-state index is 15.2. The number of anilines is 1. The van der Waals surface area contributed by atoms with E-state index in [4.69, 9.17) is 58.1 Å². The number of ether oxygens (including phenoxy) is 5. The molecule has 0 aliphatic carbocycles. The molecule has 590 valence electrons. The highest BCUT2D eigenvalue weighted by Crippen LogP contribution is 2.35. The molecule has 0 radical (unpaired) electrons. The molecule has 4 aromatic heterocycles. The van der Waals surface area contributed by atoms with Crippen LogP contribution in [0.5, 0.6) is 0 Å². The molecule has 6 rings (SSSR count). The first-order valence-electron chi connectivity index (χ1n) is 33.9. The van der Waals surface area contributed by atoms with E-state index in [-0.39, 0.29) is 65.8 Å². The monoisotopic (exact) mass is 1540 g/mol. The summed E-state index contributed by atoms with van der Waals surface area (Å²) >= 11 is 2.47. The molecule has 42 nitrogen and oxygen atoms in total. The molecule has 29 N–H and O–H groups in total. The Hall–Kier alpha value is -8.26. The molecule has 6 heterocycles. The first-order chi connectivity index (χ1) is 50.2. The number of nitrogens with one attached hydrogen (secondary N) is 9. The predicted molar refractivity (Wildman–Crippen MR) is 373 cm³/mol. The first-order valence-corrected chi connectivity index (χ1v) is 35.6. The van der Waals surface area contributed by atoms with E-state index in [0.29, 0.717) is 41.8 Å². The number of aliphatic hydroxyl groups is 8. The van der Waals surface area contributed by atoms with Crippen LogP contribution in [0.4, 0.5) is 10.6 Å². The highest BCUT2D eigenvalue weighted by atomic mass is 32.1. The molecule has 20 atom stereocenters. The lowest BCUT2D eigenvalue weighted by Crippen LogP contribution is -2.65. The number of imidazole rings is 1. The zero-order valence-electron chi connectivity index (χ0n) is 58.9. The fraction of sp³-hybridized carbons (Fsp3) is 0.645. The normalized spacial score (nSPS) is 23.1. The van der Waals surface area contributed by atoms with Gasteiger partial charge in [-0.3, -0.25) is 38.4 Å². The molecule has 2 fully saturated rings. The lowest BCUT2D eigenvalue weighted by atomic mass is 9.96. The Kier molecular flexibility index (Phi) is 33.7. The molecule has 2 aliphatic rings. The van der Waals surface area contributed by atoms with Gasteiger partial charge in [0.15, 0.2) is 18.7 Å². The third-order valence-electron chi connectivity index (χ3n) is 17.2. The van der Waals surface area contributed by atoms with Crippen molar-refractivity contribution in [1.29, 1.82) is 0 Å². The predicted octanol–water partition coefficient (Wildman–Crippen LogP) is -8.11. The Labute approximate surface area is 615 Å². The number of aromatic nitrogens is 6. The second-order valence-corrected chi connectivity index (χ2v) is 27.4. The van der Waals surface area contributed by atoms with Crippen LogP contribution in [0.1, 0.15) is 116 Å². The zero-order chi connectivity index (χ0) is 78.4. The molecule has 0 unspecified atom stereocenters. The first kappa shape index (κ1) is 86.7. The van der Waals surface area contributed by atoms with Crippen molar-refractivity contribution < 1.29 is 108 Å². The maximum Gasteiger partial charge on any atom is 0.404 e. The van der Waals surface area contributed by atoms with Crippen molar-refractivity contribution in [3.05, 3.63) is 56.8 Å². The van der Waals surface area contributed by atoms with E-state index in [2.05, 4.69) is 72.4 Å². The van der Waals surface area contributed by atoms with Crippen LogP contribution in [-0.4, -0.2) is 280 Å². The molecule has 0 bridgehead atoms. The highest BCUT2D eigenvalue weighted by Gasteiger charge is 2.54. The number of aliphatic hydroxyl groups excluding tert-OH is 8. The topological polar surface area (TPSA) is 694 Å². The molecule has 2 saturated heterocycles. The molecule has 0 saturated carbocycles. The van der Waals surface area contributed by atoms with Crippen LogP contribution in [-0.2, 0) is 58.9 Å². The fourth-order valence-electron chi connectivity index (χ4n) is 10.8. The van der Waals surface area contributed by atoms with Crippen LogP contribution in [0, 0.1) is 18.8 Å². The Morgan fingerprint density at radius 3 is 2.00 bits per heavy atom. The number of aromatic amines is 1. The standard InChI is InChI=1S/C62H98N20O22S2/c1-24(2)38(65)55(95)72-13-8-7-11-69-12-9-14-71-54(94)32-21-106-59(78-32)33-22-105-37(77-33)10-15-73-56(96)40(28(6)85)80-53(93)26(4)42(87)27(5)76-58(98)41(81-57(97)39-25(3)50(66)82-52(79-39)30(16-36(64)86)74-17-29(63)51(67)92)47(31-18-70-23-75-31)102-61-49(45(90)43(88)34(19-83)101-61)103-60-46(91)48(104-62(68)99)44(89)35(20-84)100-60/h18,21-24,26-30,34-35,38,40-49,60-61,69,74,83-85,87-91H,7-17,19-20,63,65H2,1-6H3,(H2,64,86)(H2,67,92)(H2,68,99)(H,70,75)(H,71,94)(H,72,95)(H,73,96)(H,76,98)(H,80,93)(H,81,97)(H2,66,79,82)/t26-,27+,28+,29-,30-,34-,35+,38+,40-,41-,42-,43+,44+,45-,46-,47-,48-,49-,60+,61-/m0/s1. The van der Waals surface area contributed by atoms with Crippen molar-refractivity contribution in [2.75, 3.05) is 58.2 Å². The largest absolute Gasteiger partial charge is 0.441 e. The Balaban J connectivity index is 1.16. The quantitative estimate of drug-likeness (QED) is 0.0183. The van der Waals surface area contributed by atoms with Gasteiger partial charge in [0.2, 0.25) is 35.4 Å². The van der Waals surface area contributed by atoms with Gasteiger partial charge in [0.25, 0.3) is 11.8 Å². The molecule has 0 spiro atoms. The Bertz CT molecular complexity index is 3560. The average molecular weight is 1540 g/mol. The number of hydrogen-bond donors (Lipinski definition) is 23. The summed E-state index contributed by atoms with van der Waals surface area (Å²) in [6, 6.07) is -8.45.